The quantitative estimate of drug-likeness (QED) is 0.892. The maximum absolute atomic E-state index is 12.3. The largest absolute Gasteiger partial charge is 0.322 e. The fourth-order valence-electron chi connectivity index (χ4n) is 2.85. The first-order valence-electron chi connectivity index (χ1n) is 7.74. The van der Waals surface area contributed by atoms with Gasteiger partial charge >= 0.3 is 0 Å². The number of carbonyl (C=O) groups excluding carboxylic acids is 1. The van der Waals surface area contributed by atoms with E-state index in [2.05, 4.69) is 50.4 Å². The summed E-state index contributed by atoms with van der Waals surface area (Å²) in [5.41, 5.74) is 2.52. The molecule has 3 nitrogen and oxygen atoms in total. The Hall–Kier alpha value is -1.35. The van der Waals surface area contributed by atoms with Crippen molar-refractivity contribution in [2.24, 2.45) is 0 Å². The molecule has 1 aromatic rings. The first-order chi connectivity index (χ1) is 9.58. The number of hydrogen-bond acceptors (Lipinski definition) is 2. The summed E-state index contributed by atoms with van der Waals surface area (Å²) in [6.07, 6.45) is 1.97. The zero-order valence-corrected chi connectivity index (χ0v) is 13.0. The Morgan fingerprint density at radius 3 is 2.35 bits per heavy atom. The Morgan fingerprint density at radius 1 is 1.20 bits per heavy atom. The molecule has 1 heterocycles. The van der Waals surface area contributed by atoms with Gasteiger partial charge in [-0.15, -0.1) is 0 Å². The number of rotatable bonds is 5. The van der Waals surface area contributed by atoms with E-state index in [1.807, 2.05) is 11.8 Å². The lowest BCUT2D eigenvalue weighted by Gasteiger charge is -2.23. The second kappa shape index (κ2) is 6.40. The Morgan fingerprint density at radius 2 is 1.85 bits per heavy atom. The summed E-state index contributed by atoms with van der Waals surface area (Å²) in [5.74, 6) is 0.782. The number of nitrogens with zero attached hydrogens (tertiary/aromatic N) is 1. The third kappa shape index (κ3) is 2.88. The summed E-state index contributed by atoms with van der Waals surface area (Å²) in [6, 6.07) is 8.63. The van der Waals surface area contributed by atoms with Crippen molar-refractivity contribution >= 4 is 5.91 Å². The number of amides is 1. The molecule has 2 unspecified atom stereocenters. The molecule has 1 fully saturated rings. The smallest absolute Gasteiger partial charge is 0.241 e. The van der Waals surface area contributed by atoms with E-state index >= 15 is 0 Å². The lowest BCUT2D eigenvalue weighted by atomic mass is 10.0. The van der Waals surface area contributed by atoms with Crippen LogP contribution in [0.25, 0.3) is 0 Å². The molecule has 110 valence electrons. The summed E-state index contributed by atoms with van der Waals surface area (Å²) in [5, 5.41) is 3.48. The van der Waals surface area contributed by atoms with Gasteiger partial charge in [0, 0.05) is 6.54 Å². The Labute approximate surface area is 122 Å². The first-order valence-corrected chi connectivity index (χ1v) is 7.74. The van der Waals surface area contributed by atoms with Gasteiger partial charge in [-0.1, -0.05) is 51.5 Å². The minimum Gasteiger partial charge on any atom is -0.322 e. The molecule has 0 saturated carbocycles. The van der Waals surface area contributed by atoms with E-state index in [1.165, 1.54) is 11.1 Å². The van der Waals surface area contributed by atoms with E-state index < -0.39 is 0 Å². The molecular formula is C17H26N2O. The van der Waals surface area contributed by atoms with Crippen molar-refractivity contribution in [3.05, 3.63) is 35.4 Å². The standard InChI is InChI=1S/C17H26N2O/c1-5-7-15-17(20)19(6-2)16(18-15)14-10-8-13(9-11-14)12(3)4/h8-12,15-16,18H,5-7H2,1-4H3. The molecule has 0 aliphatic carbocycles. The van der Waals surface area contributed by atoms with Crippen LogP contribution in [-0.2, 0) is 4.79 Å². The second-order valence-corrected chi connectivity index (χ2v) is 5.86. The van der Waals surface area contributed by atoms with Crippen LogP contribution < -0.4 is 5.32 Å². The molecule has 1 N–H and O–H groups in total. The zero-order chi connectivity index (χ0) is 14.7. The predicted octanol–water partition coefficient (Wildman–Crippen LogP) is 3.43. The van der Waals surface area contributed by atoms with Gasteiger partial charge in [-0.25, -0.2) is 0 Å². The van der Waals surface area contributed by atoms with Crippen LogP contribution in [0.1, 0.15) is 63.7 Å². The van der Waals surface area contributed by atoms with Crippen LogP contribution in [0.15, 0.2) is 24.3 Å². The van der Waals surface area contributed by atoms with E-state index in [1.54, 1.807) is 0 Å². The van der Waals surface area contributed by atoms with Crippen LogP contribution in [0.2, 0.25) is 0 Å². The number of likely N-dealkylation sites (N-methyl/N-ethyl adjacent to an activating group) is 1. The van der Waals surface area contributed by atoms with Crippen molar-refractivity contribution in [1.82, 2.24) is 10.2 Å². The average molecular weight is 274 g/mol. The maximum atomic E-state index is 12.3. The highest BCUT2D eigenvalue weighted by atomic mass is 16.2. The minimum atomic E-state index is -0.0188. The van der Waals surface area contributed by atoms with Gasteiger partial charge in [0.2, 0.25) is 5.91 Å². The number of carbonyl (C=O) groups is 1. The van der Waals surface area contributed by atoms with E-state index in [0.29, 0.717) is 5.92 Å². The van der Waals surface area contributed by atoms with Crippen LogP contribution >= 0.6 is 0 Å². The molecule has 3 heteroatoms. The molecule has 2 rings (SSSR count). The molecule has 0 bridgehead atoms. The van der Waals surface area contributed by atoms with Crippen LogP contribution in [0.4, 0.5) is 0 Å². The topological polar surface area (TPSA) is 32.3 Å². The molecule has 0 radical (unpaired) electrons. The highest BCUT2D eigenvalue weighted by Gasteiger charge is 2.37. The summed E-state index contributed by atoms with van der Waals surface area (Å²) >= 11 is 0. The van der Waals surface area contributed by atoms with E-state index in [4.69, 9.17) is 0 Å². The molecule has 1 amide bonds. The summed E-state index contributed by atoms with van der Waals surface area (Å²) < 4.78 is 0. The molecule has 1 aromatic carbocycles. The van der Waals surface area contributed by atoms with E-state index in [9.17, 15) is 4.79 Å². The lowest BCUT2D eigenvalue weighted by molar-refractivity contribution is -0.130. The van der Waals surface area contributed by atoms with Crippen molar-refractivity contribution in [3.63, 3.8) is 0 Å². The van der Waals surface area contributed by atoms with Gasteiger partial charge in [0.15, 0.2) is 0 Å². The van der Waals surface area contributed by atoms with Gasteiger partial charge in [-0.3, -0.25) is 10.1 Å². The Kier molecular flexibility index (Phi) is 4.81. The molecule has 1 aliphatic heterocycles. The SMILES string of the molecule is CCCC1NC(c2ccc(C(C)C)cc2)N(CC)C1=O. The number of hydrogen-bond donors (Lipinski definition) is 1. The molecule has 1 saturated heterocycles. The highest BCUT2D eigenvalue weighted by molar-refractivity contribution is 5.84. The summed E-state index contributed by atoms with van der Waals surface area (Å²) in [6.45, 7) is 9.31. The summed E-state index contributed by atoms with van der Waals surface area (Å²) in [4.78, 5) is 14.3. The minimum absolute atomic E-state index is 0.0188. The monoisotopic (exact) mass is 274 g/mol. The van der Waals surface area contributed by atoms with Crippen molar-refractivity contribution in [2.75, 3.05) is 6.54 Å². The Bertz CT molecular complexity index is 453. The summed E-state index contributed by atoms with van der Waals surface area (Å²) in [7, 11) is 0. The molecular weight excluding hydrogens is 248 g/mol. The maximum Gasteiger partial charge on any atom is 0.241 e. The number of nitrogens with one attached hydrogen (secondary N) is 1. The molecule has 0 spiro atoms. The molecule has 2 atom stereocenters. The number of benzene rings is 1. The third-order valence-electron chi connectivity index (χ3n) is 4.09. The van der Waals surface area contributed by atoms with E-state index in [-0.39, 0.29) is 18.1 Å². The van der Waals surface area contributed by atoms with Gasteiger partial charge in [-0.2, -0.15) is 0 Å². The van der Waals surface area contributed by atoms with Gasteiger partial charge in [0.25, 0.3) is 0 Å². The fraction of sp³-hybridized carbons (Fsp3) is 0.588. The zero-order valence-electron chi connectivity index (χ0n) is 13.0. The van der Waals surface area contributed by atoms with Crippen LogP contribution in [0.5, 0.6) is 0 Å². The van der Waals surface area contributed by atoms with Gasteiger partial charge < -0.3 is 4.90 Å². The average Bonchev–Trinajstić information content (AvgIpc) is 2.76. The van der Waals surface area contributed by atoms with Crippen molar-refractivity contribution < 1.29 is 4.79 Å². The first kappa shape index (κ1) is 15.0. The fourth-order valence-corrected chi connectivity index (χ4v) is 2.85. The van der Waals surface area contributed by atoms with Crippen molar-refractivity contribution in [3.8, 4) is 0 Å². The predicted molar refractivity (Wildman–Crippen MR) is 82.5 cm³/mol. The van der Waals surface area contributed by atoms with Crippen LogP contribution in [0.3, 0.4) is 0 Å². The van der Waals surface area contributed by atoms with Gasteiger partial charge in [0.1, 0.15) is 6.17 Å². The van der Waals surface area contributed by atoms with Crippen molar-refractivity contribution in [2.45, 2.75) is 58.7 Å². The van der Waals surface area contributed by atoms with Crippen molar-refractivity contribution in [1.29, 1.82) is 0 Å². The third-order valence-corrected chi connectivity index (χ3v) is 4.09. The normalized spacial score (nSPS) is 22.9. The molecule has 0 aromatic heterocycles. The lowest BCUT2D eigenvalue weighted by Crippen LogP contribution is -2.30. The van der Waals surface area contributed by atoms with E-state index in [0.717, 1.165) is 19.4 Å². The molecule has 20 heavy (non-hydrogen) atoms. The highest BCUT2D eigenvalue weighted by Crippen LogP contribution is 2.27. The second-order valence-electron chi connectivity index (χ2n) is 5.86. The van der Waals surface area contributed by atoms with Crippen LogP contribution in [0, 0.1) is 0 Å². The molecule has 1 aliphatic rings. The van der Waals surface area contributed by atoms with Gasteiger partial charge in [-0.05, 0) is 30.4 Å². The van der Waals surface area contributed by atoms with Crippen LogP contribution in [-0.4, -0.2) is 23.4 Å². The van der Waals surface area contributed by atoms with Gasteiger partial charge in [0.05, 0.1) is 6.04 Å². The Balaban J connectivity index is 2.20.